The number of nitrogens with zero attached hydrogens (tertiary/aromatic N) is 3. The molecule has 0 N–H and O–H groups in total. The molecule has 0 aliphatic carbocycles. The molecule has 3 atom stereocenters. The quantitative estimate of drug-likeness (QED) is 0.855. The maximum absolute atomic E-state index is 6.22. The van der Waals surface area contributed by atoms with Gasteiger partial charge in [-0.3, -0.25) is 14.8 Å². The van der Waals surface area contributed by atoms with Crippen LogP contribution >= 0.6 is 0 Å². The lowest BCUT2D eigenvalue weighted by Crippen LogP contribution is -2.60. The normalized spacial score (nSPS) is 33.7. The Bertz CT molecular complexity index is 474. The van der Waals surface area contributed by atoms with Crippen LogP contribution in [-0.2, 0) is 11.3 Å². The largest absolute Gasteiger partial charge is 0.376 e. The molecule has 0 saturated carbocycles. The molecule has 4 heterocycles. The lowest BCUT2D eigenvalue weighted by Gasteiger charge is -2.48. The van der Waals surface area contributed by atoms with Gasteiger partial charge in [-0.25, -0.2) is 0 Å². The molecule has 0 aromatic carbocycles. The molecule has 0 bridgehead atoms. The Morgan fingerprint density at radius 1 is 1.14 bits per heavy atom. The van der Waals surface area contributed by atoms with Gasteiger partial charge in [0.2, 0.25) is 0 Å². The van der Waals surface area contributed by atoms with Crippen LogP contribution in [0.3, 0.4) is 0 Å². The lowest BCUT2D eigenvalue weighted by atomic mass is 9.84. The molecular formula is C18H27N3O. The van der Waals surface area contributed by atoms with Crippen LogP contribution < -0.4 is 0 Å². The van der Waals surface area contributed by atoms with Crippen LogP contribution in [0.4, 0.5) is 0 Å². The number of fused-ring (bicyclic) bond motifs is 1. The van der Waals surface area contributed by atoms with Crippen molar-refractivity contribution in [3.63, 3.8) is 0 Å². The molecule has 3 fully saturated rings. The summed E-state index contributed by atoms with van der Waals surface area (Å²) in [4.78, 5) is 9.81. The summed E-state index contributed by atoms with van der Waals surface area (Å²) < 4.78 is 6.22. The zero-order chi connectivity index (χ0) is 14.8. The van der Waals surface area contributed by atoms with Gasteiger partial charge in [-0.15, -0.1) is 0 Å². The Balaban J connectivity index is 1.49. The number of pyridine rings is 1. The number of hydrogen-bond acceptors (Lipinski definition) is 4. The van der Waals surface area contributed by atoms with Crippen molar-refractivity contribution >= 4 is 0 Å². The molecule has 4 heteroatoms. The van der Waals surface area contributed by atoms with E-state index in [0.717, 1.165) is 19.7 Å². The first kappa shape index (κ1) is 14.6. The molecule has 3 aliphatic heterocycles. The third-order valence-electron chi connectivity index (χ3n) is 5.53. The molecule has 0 spiro atoms. The zero-order valence-electron chi connectivity index (χ0n) is 13.4. The Morgan fingerprint density at radius 3 is 2.86 bits per heavy atom. The van der Waals surface area contributed by atoms with Crippen LogP contribution in [0.1, 0.15) is 31.4 Å². The first-order valence-electron chi connectivity index (χ1n) is 8.88. The first-order valence-corrected chi connectivity index (χ1v) is 8.88. The highest BCUT2D eigenvalue weighted by Gasteiger charge is 2.42. The van der Waals surface area contributed by atoms with E-state index >= 15 is 0 Å². The summed E-state index contributed by atoms with van der Waals surface area (Å²) >= 11 is 0. The van der Waals surface area contributed by atoms with Gasteiger partial charge in [0.25, 0.3) is 0 Å². The average molecular weight is 301 g/mol. The van der Waals surface area contributed by atoms with Gasteiger partial charge in [0.15, 0.2) is 0 Å². The van der Waals surface area contributed by atoms with Crippen molar-refractivity contribution in [1.82, 2.24) is 14.8 Å². The smallest absolute Gasteiger partial charge is 0.0782 e. The second-order valence-corrected chi connectivity index (χ2v) is 7.06. The second kappa shape index (κ2) is 6.65. The molecule has 0 unspecified atom stereocenters. The lowest BCUT2D eigenvalue weighted by molar-refractivity contribution is -0.112. The van der Waals surface area contributed by atoms with Gasteiger partial charge in [0, 0.05) is 38.5 Å². The van der Waals surface area contributed by atoms with E-state index in [2.05, 4.69) is 26.9 Å². The van der Waals surface area contributed by atoms with Crippen molar-refractivity contribution in [3.8, 4) is 0 Å². The van der Waals surface area contributed by atoms with Crippen LogP contribution in [0.5, 0.6) is 0 Å². The molecular weight excluding hydrogens is 274 g/mol. The van der Waals surface area contributed by atoms with Crippen LogP contribution in [0, 0.1) is 5.92 Å². The minimum absolute atomic E-state index is 0.465. The average Bonchev–Trinajstić information content (AvgIpc) is 3.09. The highest BCUT2D eigenvalue weighted by Crippen LogP contribution is 2.32. The highest BCUT2D eigenvalue weighted by atomic mass is 16.5. The van der Waals surface area contributed by atoms with Gasteiger partial charge in [-0.2, -0.15) is 0 Å². The summed E-state index contributed by atoms with van der Waals surface area (Å²) in [6.07, 6.45) is 7.64. The molecule has 4 nitrogen and oxygen atoms in total. The maximum atomic E-state index is 6.22. The van der Waals surface area contributed by atoms with E-state index in [9.17, 15) is 0 Å². The summed E-state index contributed by atoms with van der Waals surface area (Å²) in [6.45, 7) is 6.77. The standard InChI is InChI=1S/C18H27N3O/c1-2-8-19-16(7-1)13-20-12-15-6-5-11-22-18(15)17(14-20)21-9-3-4-10-21/h1-2,7-8,15,17-18H,3-6,9-14H2/t15-,17+,18-/m0/s1. The Morgan fingerprint density at radius 2 is 2.05 bits per heavy atom. The predicted molar refractivity (Wildman–Crippen MR) is 86.6 cm³/mol. The highest BCUT2D eigenvalue weighted by molar-refractivity contribution is 5.05. The van der Waals surface area contributed by atoms with Crippen molar-refractivity contribution in [2.75, 3.05) is 32.8 Å². The van der Waals surface area contributed by atoms with Crippen LogP contribution in [0.15, 0.2) is 24.4 Å². The second-order valence-electron chi connectivity index (χ2n) is 7.06. The minimum Gasteiger partial charge on any atom is -0.376 e. The third-order valence-corrected chi connectivity index (χ3v) is 5.53. The summed E-state index contributed by atoms with van der Waals surface area (Å²) in [7, 11) is 0. The Hall–Kier alpha value is -0.970. The third kappa shape index (κ3) is 3.05. The van der Waals surface area contributed by atoms with Crippen molar-refractivity contribution in [2.45, 2.75) is 44.4 Å². The van der Waals surface area contributed by atoms with E-state index < -0.39 is 0 Å². The van der Waals surface area contributed by atoms with E-state index in [-0.39, 0.29) is 0 Å². The van der Waals surface area contributed by atoms with Crippen molar-refractivity contribution in [2.24, 2.45) is 5.92 Å². The van der Waals surface area contributed by atoms with Crippen molar-refractivity contribution in [3.05, 3.63) is 30.1 Å². The minimum atomic E-state index is 0.465. The summed E-state index contributed by atoms with van der Waals surface area (Å²) in [6, 6.07) is 6.83. The van der Waals surface area contributed by atoms with Gasteiger partial charge >= 0.3 is 0 Å². The van der Waals surface area contributed by atoms with Gasteiger partial charge in [-0.05, 0) is 56.8 Å². The fourth-order valence-corrected chi connectivity index (χ4v) is 4.51. The fraction of sp³-hybridized carbons (Fsp3) is 0.722. The number of hydrogen-bond donors (Lipinski definition) is 0. The van der Waals surface area contributed by atoms with E-state index in [0.29, 0.717) is 18.1 Å². The topological polar surface area (TPSA) is 28.6 Å². The maximum Gasteiger partial charge on any atom is 0.0782 e. The van der Waals surface area contributed by atoms with E-state index in [1.807, 2.05) is 12.3 Å². The van der Waals surface area contributed by atoms with Crippen LogP contribution in [-0.4, -0.2) is 59.7 Å². The number of likely N-dealkylation sites (tertiary alicyclic amines) is 2. The molecule has 1 aromatic heterocycles. The SMILES string of the molecule is c1ccc(CN2C[C@@H]3CCCO[C@@H]3[C@H](N3CCCC3)C2)nc1. The van der Waals surface area contributed by atoms with Crippen LogP contribution in [0.2, 0.25) is 0 Å². The molecule has 22 heavy (non-hydrogen) atoms. The Kier molecular flexibility index (Phi) is 4.42. The van der Waals surface area contributed by atoms with E-state index in [1.165, 1.54) is 51.0 Å². The van der Waals surface area contributed by atoms with E-state index in [4.69, 9.17) is 4.74 Å². The van der Waals surface area contributed by atoms with Crippen molar-refractivity contribution < 1.29 is 4.74 Å². The molecule has 4 rings (SSSR count). The summed E-state index contributed by atoms with van der Waals surface area (Å²) in [5.41, 5.74) is 1.19. The number of aromatic nitrogens is 1. The van der Waals surface area contributed by atoms with E-state index in [1.54, 1.807) is 0 Å². The molecule has 3 aliphatic rings. The molecule has 3 saturated heterocycles. The molecule has 0 amide bonds. The number of ether oxygens (including phenoxy) is 1. The Labute approximate surface area is 133 Å². The first-order chi connectivity index (χ1) is 10.9. The summed E-state index contributed by atoms with van der Waals surface area (Å²) in [5, 5.41) is 0. The fourth-order valence-electron chi connectivity index (χ4n) is 4.51. The van der Waals surface area contributed by atoms with Crippen molar-refractivity contribution in [1.29, 1.82) is 0 Å². The zero-order valence-corrected chi connectivity index (χ0v) is 13.4. The monoisotopic (exact) mass is 301 g/mol. The predicted octanol–water partition coefficient (Wildman–Crippen LogP) is 2.16. The number of rotatable bonds is 3. The van der Waals surface area contributed by atoms with Gasteiger partial charge in [-0.1, -0.05) is 6.07 Å². The van der Waals surface area contributed by atoms with Gasteiger partial charge in [0.1, 0.15) is 0 Å². The molecule has 0 radical (unpaired) electrons. The van der Waals surface area contributed by atoms with Crippen LogP contribution in [0.25, 0.3) is 0 Å². The van der Waals surface area contributed by atoms with Gasteiger partial charge in [0.05, 0.1) is 11.8 Å². The number of piperidine rings is 1. The molecule has 1 aromatic rings. The molecule has 120 valence electrons. The summed E-state index contributed by atoms with van der Waals surface area (Å²) in [5.74, 6) is 0.705. The van der Waals surface area contributed by atoms with Gasteiger partial charge < -0.3 is 4.74 Å².